The second-order valence-electron chi connectivity index (χ2n) is 3.93. The lowest BCUT2D eigenvalue weighted by molar-refractivity contribution is 0.102. The summed E-state index contributed by atoms with van der Waals surface area (Å²) in [6.07, 6.45) is 0. The van der Waals surface area contributed by atoms with Gasteiger partial charge in [0.25, 0.3) is 5.91 Å². The summed E-state index contributed by atoms with van der Waals surface area (Å²) in [5.41, 5.74) is 1.00. The molecule has 0 radical (unpaired) electrons. The van der Waals surface area contributed by atoms with Gasteiger partial charge in [0.1, 0.15) is 11.5 Å². The van der Waals surface area contributed by atoms with Crippen LogP contribution in [0.4, 0.5) is 5.69 Å². The lowest BCUT2D eigenvalue weighted by atomic mass is 10.2. The quantitative estimate of drug-likeness (QED) is 0.885. The van der Waals surface area contributed by atoms with Gasteiger partial charge in [-0.25, -0.2) is 0 Å². The van der Waals surface area contributed by atoms with Crippen LogP contribution in [0.5, 0.6) is 11.5 Å². The van der Waals surface area contributed by atoms with Crippen molar-refractivity contribution in [2.75, 3.05) is 11.9 Å². The molecule has 1 amide bonds. The standard InChI is InChI=1S/C15H15NO3/c1-2-19-14-9-4-3-8-13(14)16-15(18)11-6-5-7-12(17)10-11/h3-10,17H,2H2,1H3,(H,16,18). The summed E-state index contributed by atoms with van der Waals surface area (Å²) in [7, 11) is 0. The van der Waals surface area contributed by atoms with Gasteiger partial charge in [0.15, 0.2) is 0 Å². The number of phenolic OH excluding ortho intramolecular Hbond substituents is 1. The van der Waals surface area contributed by atoms with Gasteiger partial charge in [-0.2, -0.15) is 0 Å². The van der Waals surface area contributed by atoms with Crippen LogP contribution >= 0.6 is 0 Å². The first kappa shape index (κ1) is 13.0. The maximum Gasteiger partial charge on any atom is 0.255 e. The summed E-state index contributed by atoms with van der Waals surface area (Å²) < 4.78 is 5.43. The van der Waals surface area contributed by atoms with Crippen LogP contribution in [-0.4, -0.2) is 17.6 Å². The number of anilines is 1. The van der Waals surface area contributed by atoms with E-state index in [-0.39, 0.29) is 11.7 Å². The minimum Gasteiger partial charge on any atom is -0.508 e. The molecule has 0 aliphatic heterocycles. The molecule has 0 saturated heterocycles. The van der Waals surface area contributed by atoms with Gasteiger partial charge in [0.05, 0.1) is 12.3 Å². The van der Waals surface area contributed by atoms with Gasteiger partial charge < -0.3 is 15.2 Å². The predicted octanol–water partition coefficient (Wildman–Crippen LogP) is 3.04. The monoisotopic (exact) mass is 257 g/mol. The molecule has 0 spiro atoms. The van der Waals surface area contributed by atoms with Crippen LogP contribution in [0, 0.1) is 0 Å². The van der Waals surface area contributed by atoms with E-state index < -0.39 is 0 Å². The van der Waals surface area contributed by atoms with Gasteiger partial charge in [0, 0.05) is 5.56 Å². The first-order valence-corrected chi connectivity index (χ1v) is 6.03. The predicted molar refractivity (Wildman–Crippen MR) is 73.7 cm³/mol. The third-order valence-corrected chi connectivity index (χ3v) is 2.54. The van der Waals surface area contributed by atoms with Crippen LogP contribution in [0.1, 0.15) is 17.3 Å². The fourth-order valence-electron chi connectivity index (χ4n) is 1.69. The summed E-state index contributed by atoms with van der Waals surface area (Å²) >= 11 is 0. The first-order valence-electron chi connectivity index (χ1n) is 6.03. The van der Waals surface area contributed by atoms with Gasteiger partial charge in [0.2, 0.25) is 0 Å². The SMILES string of the molecule is CCOc1ccccc1NC(=O)c1cccc(O)c1. The molecule has 4 heteroatoms. The molecule has 0 aliphatic carbocycles. The van der Waals surface area contributed by atoms with Crippen LogP contribution in [0.25, 0.3) is 0 Å². The summed E-state index contributed by atoms with van der Waals surface area (Å²) in [6.45, 7) is 2.41. The van der Waals surface area contributed by atoms with Crippen molar-refractivity contribution >= 4 is 11.6 Å². The number of hydrogen-bond donors (Lipinski definition) is 2. The van der Waals surface area contributed by atoms with Crippen LogP contribution < -0.4 is 10.1 Å². The lowest BCUT2D eigenvalue weighted by Gasteiger charge is -2.11. The third-order valence-electron chi connectivity index (χ3n) is 2.54. The maximum atomic E-state index is 12.0. The Morgan fingerprint density at radius 1 is 1.21 bits per heavy atom. The Morgan fingerprint density at radius 2 is 2.00 bits per heavy atom. The molecule has 4 nitrogen and oxygen atoms in total. The molecule has 0 saturated carbocycles. The molecule has 0 atom stereocenters. The number of benzene rings is 2. The van der Waals surface area contributed by atoms with Gasteiger partial charge in [-0.05, 0) is 37.3 Å². The van der Waals surface area contributed by atoms with Gasteiger partial charge in [-0.15, -0.1) is 0 Å². The lowest BCUT2D eigenvalue weighted by Crippen LogP contribution is -2.12. The zero-order valence-corrected chi connectivity index (χ0v) is 10.6. The average molecular weight is 257 g/mol. The highest BCUT2D eigenvalue weighted by molar-refractivity contribution is 6.05. The zero-order chi connectivity index (χ0) is 13.7. The van der Waals surface area contributed by atoms with Gasteiger partial charge in [-0.1, -0.05) is 18.2 Å². The van der Waals surface area contributed by atoms with E-state index in [9.17, 15) is 9.90 Å². The Hall–Kier alpha value is -2.49. The number of amides is 1. The minimum atomic E-state index is -0.289. The summed E-state index contributed by atoms with van der Waals surface area (Å²) in [5, 5.41) is 12.1. The van der Waals surface area contributed by atoms with Crippen LogP contribution in [-0.2, 0) is 0 Å². The van der Waals surface area contributed by atoms with Crippen LogP contribution in [0.15, 0.2) is 48.5 Å². The summed E-state index contributed by atoms with van der Waals surface area (Å²) in [5.74, 6) is 0.396. The molecule has 0 unspecified atom stereocenters. The Balaban J connectivity index is 2.19. The molecule has 2 N–H and O–H groups in total. The summed E-state index contributed by atoms with van der Waals surface area (Å²) in [6, 6.07) is 13.4. The van der Waals surface area contributed by atoms with Crippen LogP contribution in [0.2, 0.25) is 0 Å². The Bertz CT molecular complexity index is 581. The molecular weight excluding hydrogens is 242 g/mol. The van der Waals surface area contributed by atoms with E-state index in [1.54, 1.807) is 24.3 Å². The van der Waals surface area contributed by atoms with Crippen LogP contribution in [0.3, 0.4) is 0 Å². The molecule has 2 aromatic carbocycles. The van der Waals surface area contributed by atoms with E-state index >= 15 is 0 Å². The van der Waals surface area contributed by atoms with E-state index in [2.05, 4.69) is 5.32 Å². The normalized spacial score (nSPS) is 9.95. The third kappa shape index (κ3) is 3.25. The number of carbonyl (C=O) groups excluding carboxylic acids is 1. The molecule has 0 fully saturated rings. The Morgan fingerprint density at radius 3 is 2.74 bits per heavy atom. The number of rotatable bonds is 4. The number of para-hydroxylation sites is 2. The molecule has 98 valence electrons. The van der Waals surface area contributed by atoms with Crippen molar-refractivity contribution in [2.24, 2.45) is 0 Å². The molecule has 0 heterocycles. The van der Waals surface area contributed by atoms with Gasteiger partial charge in [-0.3, -0.25) is 4.79 Å². The Kier molecular flexibility index (Phi) is 4.03. The first-order chi connectivity index (χ1) is 9.20. The highest BCUT2D eigenvalue weighted by Crippen LogP contribution is 2.24. The van der Waals surface area contributed by atoms with Gasteiger partial charge >= 0.3 is 0 Å². The summed E-state index contributed by atoms with van der Waals surface area (Å²) in [4.78, 5) is 12.0. The largest absolute Gasteiger partial charge is 0.508 e. The van der Waals surface area contributed by atoms with Crippen molar-refractivity contribution < 1.29 is 14.6 Å². The van der Waals surface area contributed by atoms with E-state index in [0.29, 0.717) is 23.6 Å². The number of carbonyl (C=O) groups is 1. The van der Waals surface area contributed by atoms with E-state index in [0.717, 1.165) is 0 Å². The molecule has 0 bridgehead atoms. The second kappa shape index (κ2) is 5.91. The molecular formula is C15H15NO3. The molecule has 19 heavy (non-hydrogen) atoms. The number of ether oxygens (including phenoxy) is 1. The van der Waals surface area contributed by atoms with E-state index in [4.69, 9.17) is 4.74 Å². The molecule has 0 aromatic heterocycles. The maximum absolute atomic E-state index is 12.0. The van der Waals surface area contributed by atoms with Crippen molar-refractivity contribution in [3.63, 3.8) is 0 Å². The van der Waals surface area contributed by atoms with Crippen molar-refractivity contribution in [3.8, 4) is 11.5 Å². The number of aromatic hydroxyl groups is 1. The second-order valence-corrected chi connectivity index (χ2v) is 3.93. The fourth-order valence-corrected chi connectivity index (χ4v) is 1.69. The Labute approximate surface area is 111 Å². The molecule has 0 aliphatic rings. The van der Waals surface area contributed by atoms with Crippen molar-refractivity contribution in [3.05, 3.63) is 54.1 Å². The number of phenols is 1. The fraction of sp³-hybridized carbons (Fsp3) is 0.133. The smallest absolute Gasteiger partial charge is 0.255 e. The average Bonchev–Trinajstić information content (AvgIpc) is 2.41. The molecule has 2 aromatic rings. The molecule has 2 rings (SSSR count). The van der Waals surface area contributed by atoms with Crippen molar-refractivity contribution in [2.45, 2.75) is 6.92 Å². The zero-order valence-electron chi connectivity index (χ0n) is 10.6. The van der Waals surface area contributed by atoms with Crippen molar-refractivity contribution in [1.82, 2.24) is 0 Å². The van der Waals surface area contributed by atoms with E-state index in [1.807, 2.05) is 19.1 Å². The minimum absolute atomic E-state index is 0.0609. The van der Waals surface area contributed by atoms with E-state index in [1.165, 1.54) is 12.1 Å². The highest BCUT2D eigenvalue weighted by Gasteiger charge is 2.09. The topological polar surface area (TPSA) is 58.6 Å². The number of hydrogen-bond acceptors (Lipinski definition) is 3. The van der Waals surface area contributed by atoms with Crippen molar-refractivity contribution in [1.29, 1.82) is 0 Å². The highest BCUT2D eigenvalue weighted by atomic mass is 16.5. The number of nitrogens with one attached hydrogen (secondary N) is 1.